The van der Waals surface area contributed by atoms with Crippen molar-refractivity contribution < 1.29 is 22.8 Å². The van der Waals surface area contributed by atoms with Crippen LogP contribution in [0.5, 0.6) is 0 Å². The third-order valence-electron chi connectivity index (χ3n) is 5.70. The number of aromatic amines is 1. The molecule has 4 N–H and O–H groups in total. The van der Waals surface area contributed by atoms with Crippen molar-refractivity contribution >= 4 is 22.7 Å². The van der Waals surface area contributed by atoms with E-state index in [1.165, 1.54) is 25.1 Å². The Labute approximate surface area is 170 Å². The van der Waals surface area contributed by atoms with E-state index < -0.39 is 29.4 Å². The number of nitrogens with one attached hydrogen (secondary N) is 2. The summed E-state index contributed by atoms with van der Waals surface area (Å²) in [6, 6.07) is 7.01. The van der Waals surface area contributed by atoms with Crippen LogP contribution in [-0.4, -0.2) is 22.8 Å². The molecule has 0 bridgehead atoms. The smallest absolute Gasteiger partial charge is 0.239 e. The molecule has 0 radical (unpaired) electrons. The first kappa shape index (κ1) is 20.0. The molecule has 1 saturated carbocycles. The predicted molar refractivity (Wildman–Crippen MR) is 106 cm³/mol. The molecule has 4 rings (SSSR count). The van der Waals surface area contributed by atoms with Gasteiger partial charge in [-0.15, -0.1) is 0 Å². The fourth-order valence-electron chi connectivity index (χ4n) is 3.98. The van der Waals surface area contributed by atoms with Crippen LogP contribution in [0, 0.1) is 23.4 Å². The summed E-state index contributed by atoms with van der Waals surface area (Å²) in [6.07, 6.45) is 0.910. The van der Waals surface area contributed by atoms with Gasteiger partial charge >= 0.3 is 0 Å². The number of rotatable bonds is 5. The molecule has 1 atom stereocenters. The Morgan fingerprint density at radius 1 is 1.10 bits per heavy atom. The van der Waals surface area contributed by atoms with Gasteiger partial charge in [0.05, 0.1) is 11.2 Å². The summed E-state index contributed by atoms with van der Waals surface area (Å²) in [6.45, 7) is 1.51. The largest absolute Gasteiger partial charge is 0.368 e. The van der Waals surface area contributed by atoms with Crippen molar-refractivity contribution in [2.75, 3.05) is 0 Å². The van der Waals surface area contributed by atoms with E-state index in [1.54, 1.807) is 12.1 Å². The molecule has 3 aromatic rings. The number of carbonyl (C=O) groups is 2. The zero-order valence-electron chi connectivity index (χ0n) is 16.1. The Morgan fingerprint density at radius 2 is 1.77 bits per heavy atom. The van der Waals surface area contributed by atoms with E-state index in [0.29, 0.717) is 35.0 Å². The van der Waals surface area contributed by atoms with E-state index in [4.69, 9.17) is 5.73 Å². The summed E-state index contributed by atoms with van der Waals surface area (Å²) in [4.78, 5) is 26.5. The second kappa shape index (κ2) is 7.51. The van der Waals surface area contributed by atoms with Crippen LogP contribution in [-0.2, 0) is 9.59 Å². The minimum atomic E-state index is -0.775. The Kier molecular flexibility index (Phi) is 5.01. The highest BCUT2D eigenvalue weighted by molar-refractivity contribution is 5.93. The van der Waals surface area contributed by atoms with Gasteiger partial charge in [-0.2, -0.15) is 0 Å². The van der Waals surface area contributed by atoms with Gasteiger partial charge in [0.15, 0.2) is 0 Å². The minimum Gasteiger partial charge on any atom is -0.368 e. The fourth-order valence-corrected chi connectivity index (χ4v) is 3.98. The number of halogens is 3. The number of fused-ring (bicyclic) bond motifs is 1. The zero-order chi connectivity index (χ0) is 21.6. The maximum atomic E-state index is 14.4. The predicted octanol–water partition coefficient (Wildman–Crippen LogP) is 3.74. The maximum Gasteiger partial charge on any atom is 0.239 e. The number of carbonyl (C=O) groups excluding carboxylic acids is 2. The molecule has 30 heavy (non-hydrogen) atoms. The van der Waals surface area contributed by atoms with E-state index in [2.05, 4.69) is 10.3 Å². The van der Waals surface area contributed by atoms with Crippen LogP contribution < -0.4 is 11.1 Å². The summed E-state index contributed by atoms with van der Waals surface area (Å²) in [5.74, 6) is -3.18. The minimum absolute atomic E-state index is 0.125. The van der Waals surface area contributed by atoms with Crippen LogP contribution in [0.25, 0.3) is 22.2 Å². The van der Waals surface area contributed by atoms with Crippen molar-refractivity contribution in [3.8, 4) is 11.3 Å². The van der Waals surface area contributed by atoms with Crippen LogP contribution in [0.1, 0.15) is 31.2 Å². The fraction of sp³-hybridized carbons (Fsp3) is 0.273. The summed E-state index contributed by atoms with van der Waals surface area (Å²) in [5.41, 5.74) is 7.25. The van der Waals surface area contributed by atoms with E-state index >= 15 is 0 Å². The van der Waals surface area contributed by atoms with E-state index in [-0.39, 0.29) is 23.3 Å². The van der Waals surface area contributed by atoms with Crippen molar-refractivity contribution in [2.45, 2.75) is 31.7 Å². The second-order valence-corrected chi connectivity index (χ2v) is 7.73. The van der Waals surface area contributed by atoms with Gasteiger partial charge in [0.1, 0.15) is 23.5 Å². The number of aromatic nitrogens is 1. The third-order valence-corrected chi connectivity index (χ3v) is 5.70. The molecule has 1 aliphatic carbocycles. The lowest BCUT2D eigenvalue weighted by atomic mass is 9.69. The Bertz CT molecular complexity index is 1130. The lowest BCUT2D eigenvalue weighted by Gasteiger charge is -2.35. The van der Waals surface area contributed by atoms with E-state index in [0.717, 1.165) is 6.07 Å². The maximum absolute atomic E-state index is 14.4. The first-order valence-electron chi connectivity index (χ1n) is 9.60. The second-order valence-electron chi connectivity index (χ2n) is 7.73. The quantitative estimate of drug-likeness (QED) is 0.593. The Hall–Kier alpha value is -3.29. The van der Waals surface area contributed by atoms with Crippen molar-refractivity contribution in [1.29, 1.82) is 0 Å². The van der Waals surface area contributed by atoms with Gasteiger partial charge in [-0.05, 0) is 67.1 Å². The highest BCUT2D eigenvalue weighted by Gasteiger charge is 2.39. The molecule has 156 valence electrons. The van der Waals surface area contributed by atoms with Gasteiger partial charge in [-0.3, -0.25) is 9.59 Å². The molecule has 1 heterocycles. The molecule has 1 aromatic heterocycles. The summed E-state index contributed by atoms with van der Waals surface area (Å²) in [5, 5.41) is 2.98. The van der Waals surface area contributed by atoms with Crippen LogP contribution in [0.2, 0.25) is 0 Å². The lowest BCUT2D eigenvalue weighted by Crippen LogP contribution is -2.47. The molecule has 0 spiro atoms. The highest BCUT2D eigenvalue weighted by atomic mass is 19.1. The summed E-state index contributed by atoms with van der Waals surface area (Å²) < 4.78 is 41.7. The van der Waals surface area contributed by atoms with E-state index in [9.17, 15) is 22.8 Å². The molecular weight excluding hydrogens is 395 g/mol. The van der Waals surface area contributed by atoms with Crippen molar-refractivity contribution in [2.24, 2.45) is 11.7 Å². The summed E-state index contributed by atoms with van der Waals surface area (Å²) >= 11 is 0. The molecule has 0 aliphatic heterocycles. The normalized spacial score (nSPS) is 19.3. The van der Waals surface area contributed by atoms with Gasteiger partial charge < -0.3 is 16.0 Å². The first-order valence-corrected chi connectivity index (χ1v) is 9.60. The SMILES string of the molecule is C[C@@H](NC(=O)[C@H]1C[C@H](c2c(-c3ccc(F)cc3)[nH]c3c(F)cc(F)cc32)C1)C(N)=O. The van der Waals surface area contributed by atoms with Gasteiger partial charge in [-0.1, -0.05) is 0 Å². The standard InChI is InChI=1S/C22H20F3N3O2/c1-10(21(26)29)27-22(30)13-6-12(7-13)18-16-8-15(24)9-17(25)20(16)28-19(18)11-2-4-14(23)5-3-11/h2-5,8-10,12-13,28H,6-7H2,1H3,(H2,26,29)(H,27,30)/t10-,12-,13-/m1/s1. The number of H-pyrrole nitrogens is 1. The van der Waals surface area contributed by atoms with E-state index in [1.807, 2.05) is 0 Å². The third kappa shape index (κ3) is 3.53. The molecule has 0 saturated heterocycles. The van der Waals surface area contributed by atoms with Gasteiger partial charge in [0, 0.05) is 17.4 Å². The molecule has 2 amide bonds. The Morgan fingerprint density at radius 3 is 2.40 bits per heavy atom. The number of benzene rings is 2. The van der Waals surface area contributed by atoms with Crippen LogP contribution in [0.3, 0.4) is 0 Å². The van der Waals surface area contributed by atoms with Crippen LogP contribution in [0.15, 0.2) is 36.4 Å². The summed E-state index contributed by atoms with van der Waals surface area (Å²) in [7, 11) is 0. The monoisotopic (exact) mass is 415 g/mol. The number of amides is 2. The molecule has 1 aliphatic rings. The number of nitrogens with two attached hydrogens (primary N) is 1. The molecule has 0 unspecified atom stereocenters. The number of hydrogen-bond donors (Lipinski definition) is 3. The first-order chi connectivity index (χ1) is 14.2. The molecular formula is C22H20F3N3O2. The Balaban J connectivity index is 1.68. The zero-order valence-corrected chi connectivity index (χ0v) is 16.1. The van der Waals surface area contributed by atoms with Crippen molar-refractivity contribution in [3.05, 3.63) is 59.4 Å². The molecule has 2 aromatic carbocycles. The average molecular weight is 415 g/mol. The number of primary amides is 1. The van der Waals surface area contributed by atoms with Gasteiger partial charge in [0.25, 0.3) is 0 Å². The van der Waals surface area contributed by atoms with Gasteiger partial charge in [-0.25, -0.2) is 13.2 Å². The number of hydrogen-bond acceptors (Lipinski definition) is 2. The lowest BCUT2D eigenvalue weighted by molar-refractivity contribution is -0.131. The molecule has 1 fully saturated rings. The topological polar surface area (TPSA) is 88.0 Å². The average Bonchev–Trinajstić information content (AvgIpc) is 3.00. The molecule has 5 nitrogen and oxygen atoms in total. The van der Waals surface area contributed by atoms with Gasteiger partial charge in [0.2, 0.25) is 11.8 Å². The molecule has 8 heteroatoms. The van der Waals surface area contributed by atoms with Crippen LogP contribution >= 0.6 is 0 Å². The highest BCUT2D eigenvalue weighted by Crippen LogP contribution is 2.48. The van der Waals surface area contributed by atoms with Crippen molar-refractivity contribution in [1.82, 2.24) is 10.3 Å². The van der Waals surface area contributed by atoms with Crippen LogP contribution in [0.4, 0.5) is 13.2 Å². The van der Waals surface area contributed by atoms with Crippen molar-refractivity contribution in [3.63, 3.8) is 0 Å².